The Labute approximate surface area is 220 Å². The second kappa shape index (κ2) is 12.0. The summed E-state index contributed by atoms with van der Waals surface area (Å²) in [7, 11) is 0. The number of thiophene rings is 1. The maximum Gasteiger partial charge on any atom is 0.490 e. The van der Waals surface area contributed by atoms with Gasteiger partial charge >= 0.3 is 18.1 Å². The number of alkyl halides is 3. The maximum absolute atomic E-state index is 12.3. The van der Waals surface area contributed by atoms with E-state index >= 15 is 0 Å². The molecule has 0 bridgehead atoms. The molecule has 1 atom stereocenters. The number of aryl methyl sites for hydroxylation is 1. The van der Waals surface area contributed by atoms with Gasteiger partial charge in [-0.25, -0.2) is 9.59 Å². The minimum atomic E-state index is -5.08. The summed E-state index contributed by atoms with van der Waals surface area (Å²) in [4.78, 5) is 38.3. The van der Waals surface area contributed by atoms with E-state index in [1.807, 2.05) is 11.4 Å². The van der Waals surface area contributed by atoms with E-state index in [4.69, 9.17) is 9.90 Å². The first-order chi connectivity index (χ1) is 17.9. The Hall–Kier alpha value is -4.06. The summed E-state index contributed by atoms with van der Waals surface area (Å²) in [5.41, 5.74) is 3.77. The Morgan fingerprint density at radius 1 is 1.03 bits per heavy atom. The van der Waals surface area contributed by atoms with Gasteiger partial charge in [-0.2, -0.15) is 13.2 Å². The van der Waals surface area contributed by atoms with Crippen LogP contribution < -0.4 is 15.1 Å². The number of carbonyl (C=O) groups is 3. The van der Waals surface area contributed by atoms with E-state index in [-0.39, 0.29) is 17.5 Å². The zero-order valence-corrected chi connectivity index (χ0v) is 21.3. The predicted octanol–water partition coefficient (Wildman–Crippen LogP) is 5.36. The van der Waals surface area contributed by atoms with Crippen molar-refractivity contribution in [1.82, 2.24) is 0 Å². The molecular formula is C26H26F3N3O5S. The Morgan fingerprint density at radius 3 is 2.29 bits per heavy atom. The van der Waals surface area contributed by atoms with Gasteiger partial charge in [-0.3, -0.25) is 4.79 Å². The topological polar surface area (TPSA) is 110 Å². The van der Waals surface area contributed by atoms with E-state index in [1.165, 1.54) is 22.6 Å². The standard InChI is InChI=1S/C24H25N3O3S.C2HF3O2/c1-16-5-3-6-19(13-16)27-11-10-26(15-17(27)2)21-9-8-18(14-20(21)24(29)30)25-23(28)22-7-4-12-31-22;3-2(4,5)1(6)7/h3-9,12-14,17H,10-11,15H2,1-2H3,(H,25,28)(H,29,30);(H,6,7). The molecule has 0 aliphatic carbocycles. The molecular weight excluding hydrogens is 523 g/mol. The smallest absolute Gasteiger partial charge is 0.478 e. The van der Waals surface area contributed by atoms with E-state index in [2.05, 4.69) is 53.2 Å². The number of carboxylic acids is 2. The fourth-order valence-corrected chi connectivity index (χ4v) is 4.65. The lowest BCUT2D eigenvalue weighted by molar-refractivity contribution is -0.192. The number of amides is 1. The number of aromatic carboxylic acids is 1. The predicted molar refractivity (Wildman–Crippen MR) is 140 cm³/mol. The summed E-state index contributed by atoms with van der Waals surface area (Å²) in [5, 5.41) is 21.6. The molecule has 1 saturated heterocycles. The molecule has 2 heterocycles. The maximum atomic E-state index is 12.3. The normalized spacial score (nSPS) is 15.3. The first-order valence-corrected chi connectivity index (χ1v) is 12.4. The number of benzene rings is 2. The molecule has 2 aromatic carbocycles. The van der Waals surface area contributed by atoms with Crippen LogP contribution in [-0.4, -0.2) is 59.9 Å². The summed E-state index contributed by atoms with van der Waals surface area (Å²) in [6, 6.07) is 17.3. The van der Waals surface area contributed by atoms with Crippen LogP contribution in [0.15, 0.2) is 60.0 Å². The number of aliphatic carboxylic acids is 1. The summed E-state index contributed by atoms with van der Waals surface area (Å²) in [6.45, 7) is 6.49. The number of hydrogen-bond donors (Lipinski definition) is 3. The van der Waals surface area contributed by atoms with Crippen molar-refractivity contribution in [3.8, 4) is 0 Å². The molecule has 12 heteroatoms. The Balaban J connectivity index is 0.000000505. The molecule has 1 fully saturated rings. The van der Waals surface area contributed by atoms with Gasteiger partial charge in [0.15, 0.2) is 0 Å². The van der Waals surface area contributed by atoms with Crippen LogP contribution in [0, 0.1) is 6.92 Å². The molecule has 1 unspecified atom stereocenters. The molecule has 1 aliphatic rings. The molecule has 0 spiro atoms. The lowest BCUT2D eigenvalue weighted by Crippen LogP contribution is -2.52. The van der Waals surface area contributed by atoms with Crippen molar-refractivity contribution >= 4 is 46.2 Å². The van der Waals surface area contributed by atoms with Crippen LogP contribution in [0.3, 0.4) is 0 Å². The Morgan fingerprint density at radius 2 is 1.74 bits per heavy atom. The zero-order valence-electron chi connectivity index (χ0n) is 20.5. The van der Waals surface area contributed by atoms with Crippen molar-refractivity contribution in [3.63, 3.8) is 0 Å². The van der Waals surface area contributed by atoms with Crippen LogP contribution in [0.5, 0.6) is 0 Å². The highest BCUT2D eigenvalue weighted by atomic mass is 32.1. The molecule has 3 aromatic rings. The van der Waals surface area contributed by atoms with Gasteiger partial charge in [-0.1, -0.05) is 18.2 Å². The molecule has 3 N–H and O–H groups in total. The summed E-state index contributed by atoms with van der Waals surface area (Å²) in [5.74, 6) is -4.00. The fraction of sp³-hybridized carbons (Fsp3) is 0.269. The zero-order chi connectivity index (χ0) is 28.0. The van der Waals surface area contributed by atoms with E-state index < -0.39 is 18.1 Å². The van der Waals surface area contributed by atoms with Gasteiger partial charge in [0.2, 0.25) is 0 Å². The van der Waals surface area contributed by atoms with Crippen LogP contribution >= 0.6 is 11.3 Å². The molecule has 0 saturated carbocycles. The first-order valence-electron chi connectivity index (χ1n) is 11.5. The highest BCUT2D eigenvalue weighted by Gasteiger charge is 2.38. The van der Waals surface area contributed by atoms with Crippen molar-refractivity contribution < 1.29 is 37.8 Å². The van der Waals surface area contributed by atoms with E-state index in [0.717, 1.165) is 19.6 Å². The molecule has 1 aromatic heterocycles. The van der Waals surface area contributed by atoms with Crippen molar-refractivity contribution in [3.05, 3.63) is 76.0 Å². The number of nitrogens with zero attached hydrogens (tertiary/aromatic N) is 2. The highest BCUT2D eigenvalue weighted by Crippen LogP contribution is 2.29. The van der Waals surface area contributed by atoms with Gasteiger partial charge in [-0.15, -0.1) is 11.3 Å². The monoisotopic (exact) mass is 549 g/mol. The average Bonchev–Trinajstić information content (AvgIpc) is 3.39. The SMILES string of the molecule is Cc1cccc(N2CCN(c3ccc(NC(=O)c4cccs4)cc3C(=O)O)CC2C)c1.O=C(O)C(F)(F)F. The van der Waals surface area contributed by atoms with E-state index in [9.17, 15) is 27.9 Å². The molecule has 1 amide bonds. The van der Waals surface area contributed by atoms with Crippen LogP contribution in [0.1, 0.15) is 32.5 Å². The Kier molecular flexibility index (Phi) is 9.00. The van der Waals surface area contributed by atoms with Gasteiger partial charge in [-0.05, 0) is 61.2 Å². The quantitative estimate of drug-likeness (QED) is 0.393. The molecule has 38 heavy (non-hydrogen) atoms. The average molecular weight is 550 g/mol. The number of nitrogens with one attached hydrogen (secondary N) is 1. The number of carboxylic acid groups (broad SMARTS) is 2. The molecule has 0 radical (unpaired) electrons. The summed E-state index contributed by atoms with van der Waals surface area (Å²) >= 11 is 1.34. The first kappa shape index (κ1) is 28.5. The molecule has 4 rings (SSSR count). The fourth-order valence-electron chi connectivity index (χ4n) is 4.03. The highest BCUT2D eigenvalue weighted by molar-refractivity contribution is 7.12. The number of hydrogen-bond acceptors (Lipinski definition) is 6. The van der Waals surface area contributed by atoms with Crippen LogP contribution in [-0.2, 0) is 4.79 Å². The van der Waals surface area contributed by atoms with Gasteiger partial charge in [0.25, 0.3) is 5.91 Å². The number of anilines is 3. The number of piperazine rings is 1. The third kappa shape index (κ3) is 7.25. The number of halogens is 3. The largest absolute Gasteiger partial charge is 0.490 e. The number of rotatable bonds is 5. The van der Waals surface area contributed by atoms with E-state index in [1.54, 1.807) is 24.3 Å². The minimum Gasteiger partial charge on any atom is -0.478 e. The van der Waals surface area contributed by atoms with Crippen molar-refractivity contribution in [2.45, 2.75) is 26.1 Å². The summed E-state index contributed by atoms with van der Waals surface area (Å²) < 4.78 is 31.7. The van der Waals surface area contributed by atoms with Gasteiger partial charge in [0, 0.05) is 37.1 Å². The summed E-state index contributed by atoms with van der Waals surface area (Å²) in [6.07, 6.45) is -5.08. The van der Waals surface area contributed by atoms with Crippen molar-refractivity contribution in [2.75, 3.05) is 34.8 Å². The lowest BCUT2D eigenvalue weighted by atomic mass is 10.1. The lowest BCUT2D eigenvalue weighted by Gasteiger charge is -2.42. The second-order valence-electron chi connectivity index (χ2n) is 8.60. The van der Waals surface area contributed by atoms with Crippen LogP contribution in [0.2, 0.25) is 0 Å². The van der Waals surface area contributed by atoms with Gasteiger partial charge in [0.1, 0.15) is 0 Å². The third-order valence-electron chi connectivity index (χ3n) is 5.77. The van der Waals surface area contributed by atoms with Crippen molar-refractivity contribution in [1.29, 1.82) is 0 Å². The molecule has 1 aliphatic heterocycles. The van der Waals surface area contributed by atoms with E-state index in [0.29, 0.717) is 16.3 Å². The second-order valence-corrected chi connectivity index (χ2v) is 9.55. The third-order valence-corrected chi connectivity index (χ3v) is 6.64. The molecule has 8 nitrogen and oxygen atoms in total. The van der Waals surface area contributed by atoms with Crippen molar-refractivity contribution in [2.24, 2.45) is 0 Å². The van der Waals surface area contributed by atoms with Crippen LogP contribution in [0.4, 0.5) is 30.2 Å². The van der Waals surface area contributed by atoms with Gasteiger partial charge < -0.3 is 25.3 Å². The minimum absolute atomic E-state index is 0.195. The Bertz CT molecular complexity index is 1300. The molecule has 202 valence electrons. The van der Waals surface area contributed by atoms with Gasteiger partial charge in [0.05, 0.1) is 16.1 Å². The number of carbonyl (C=O) groups excluding carboxylic acids is 1. The van der Waals surface area contributed by atoms with Crippen LogP contribution in [0.25, 0.3) is 0 Å².